The molecule has 4 rings (SSSR count). The first-order chi connectivity index (χ1) is 16.8. The maximum atomic E-state index is 11.3. The van der Waals surface area contributed by atoms with Gasteiger partial charge in [-0.05, 0) is 42.0 Å². The number of benzene rings is 2. The van der Waals surface area contributed by atoms with E-state index >= 15 is 0 Å². The van der Waals surface area contributed by atoms with E-state index in [4.69, 9.17) is 16.6 Å². The van der Waals surface area contributed by atoms with Gasteiger partial charge in [0.25, 0.3) is 0 Å². The molecule has 0 aliphatic rings. The number of anilines is 1. The number of unbranched alkanes of at least 4 members (excludes halogenated alkanes) is 1. The summed E-state index contributed by atoms with van der Waals surface area (Å²) in [5.41, 5.74) is 18.3. The molecule has 0 spiro atoms. The summed E-state index contributed by atoms with van der Waals surface area (Å²) in [6.45, 7) is 3.93. The van der Waals surface area contributed by atoms with Crippen molar-refractivity contribution in [3.8, 4) is 0 Å². The highest BCUT2D eigenvalue weighted by molar-refractivity contribution is 7.88. The minimum Gasteiger partial charge on any atom is -0.382 e. The molecule has 2 aromatic heterocycles. The van der Waals surface area contributed by atoms with Crippen LogP contribution in [0.15, 0.2) is 42.5 Å². The summed E-state index contributed by atoms with van der Waals surface area (Å²) in [5, 5.41) is 6.96. The monoisotopic (exact) mass is 494 g/mol. The fraction of sp³-hybridized carbons (Fsp3) is 0.385. The van der Waals surface area contributed by atoms with Crippen LogP contribution in [0.25, 0.3) is 21.8 Å². The molecule has 2 heterocycles. The molecule has 0 radical (unpaired) electrons. The smallest absolute Gasteiger partial charge is 0.208 e. The van der Waals surface area contributed by atoms with Gasteiger partial charge in [0.15, 0.2) is 5.82 Å². The Hall–Kier alpha value is -3.01. The molecule has 0 fully saturated rings. The Labute approximate surface area is 206 Å². The van der Waals surface area contributed by atoms with Crippen LogP contribution in [0.4, 0.5) is 5.82 Å². The molecule has 35 heavy (non-hydrogen) atoms. The van der Waals surface area contributed by atoms with Crippen molar-refractivity contribution in [1.82, 2.24) is 19.5 Å². The third-order valence-corrected chi connectivity index (χ3v) is 6.96. The number of nitrogens with zero attached hydrogens (tertiary/aromatic N) is 3. The van der Waals surface area contributed by atoms with Crippen molar-refractivity contribution in [2.75, 3.05) is 18.5 Å². The number of nitrogens with one attached hydrogen (secondary N) is 1. The fourth-order valence-electron chi connectivity index (χ4n) is 4.39. The van der Waals surface area contributed by atoms with Crippen molar-refractivity contribution in [3.05, 3.63) is 64.8 Å². The van der Waals surface area contributed by atoms with E-state index in [1.54, 1.807) is 0 Å². The van der Waals surface area contributed by atoms with Crippen LogP contribution >= 0.6 is 0 Å². The highest BCUT2D eigenvalue weighted by atomic mass is 32.2. The molecule has 8 nitrogen and oxygen atoms in total. The van der Waals surface area contributed by atoms with Crippen LogP contribution in [0, 0.1) is 0 Å². The van der Waals surface area contributed by atoms with Crippen molar-refractivity contribution < 1.29 is 8.42 Å². The third-order valence-electron chi connectivity index (χ3n) is 6.23. The second-order valence-corrected chi connectivity index (χ2v) is 10.9. The maximum absolute atomic E-state index is 11.3. The van der Waals surface area contributed by atoms with Crippen molar-refractivity contribution >= 4 is 37.6 Å². The van der Waals surface area contributed by atoms with Crippen LogP contribution < -0.4 is 16.2 Å². The quantitative estimate of drug-likeness (QED) is 0.274. The normalized spacial score (nSPS) is 12.1. The van der Waals surface area contributed by atoms with Crippen LogP contribution in [0.2, 0.25) is 0 Å². The molecule has 5 N–H and O–H groups in total. The number of hydrogen-bond donors (Lipinski definition) is 3. The predicted molar refractivity (Wildman–Crippen MR) is 143 cm³/mol. The molecule has 186 valence electrons. The average molecular weight is 495 g/mol. The van der Waals surface area contributed by atoms with Gasteiger partial charge in [0.05, 0.1) is 17.5 Å². The van der Waals surface area contributed by atoms with Gasteiger partial charge in [-0.3, -0.25) is 4.68 Å². The van der Waals surface area contributed by atoms with Crippen LogP contribution in [-0.2, 0) is 36.0 Å². The van der Waals surface area contributed by atoms with E-state index in [0.29, 0.717) is 25.3 Å². The molecular formula is C26H34N6O2S. The molecular weight excluding hydrogens is 460 g/mol. The van der Waals surface area contributed by atoms with Crippen molar-refractivity contribution in [2.24, 2.45) is 5.73 Å². The zero-order chi connectivity index (χ0) is 25.0. The molecule has 0 unspecified atom stereocenters. The lowest BCUT2D eigenvalue weighted by Gasteiger charge is -2.10. The largest absolute Gasteiger partial charge is 0.382 e. The van der Waals surface area contributed by atoms with Gasteiger partial charge in [0.1, 0.15) is 5.52 Å². The number of aromatic nitrogens is 3. The average Bonchev–Trinajstić information content (AvgIpc) is 3.19. The Balaban J connectivity index is 1.73. The Morgan fingerprint density at radius 1 is 1.03 bits per heavy atom. The second kappa shape index (κ2) is 10.7. The molecule has 0 aliphatic heterocycles. The molecule has 0 aliphatic carbocycles. The first kappa shape index (κ1) is 25.1. The van der Waals surface area contributed by atoms with Gasteiger partial charge in [-0.25, -0.2) is 18.1 Å². The van der Waals surface area contributed by atoms with Crippen LogP contribution in [0.1, 0.15) is 48.6 Å². The first-order valence-electron chi connectivity index (χ1n) is 12.1. The number of nitrogens with two attached hydrogens (primary N) is 2. The van der Waals surface area contributed by atoms with Gasteiger partial charge < -0.3 is 11.5 Å². The Morgan fingerprint density at radius 2 is 1.74 bits per heavy atom. The zero-order valence-electron chi connectivity index (χ0n) is 20.4. The first-order valence-corrected chi connectivity index (χ1v) is 14.0. The lowest BCUT2D eigenvalue weighted by atomic mass is 10.0. The van der Waals surface area contributed by atoms with Gasteiger partial charge in [0, 0.05) is 36.8 Å². The summed E-state index contributed by atoms with van der Waals surface area (Å²) in [5.74, 6) is 0.429. The van der Waals surface area contributed by atoms with Crippen molar-refractivity contribution in [3.63, 3.8) is 0 Å². The van der Waals surface area contributed by atoms with E-state index in [0.717, 1.165) is 70.9 Å². The number of fused-ring (bicyclic) bond motifs is 3. The van der Waals surface area contributed by atoms with Gasteiger partial charge in [0.2, 0.25) is 10.0 Å². The zero-order valence-corrected chi connectivity index (χ0v) is 21.2. The topological polar surface area (TPSA) is 129 Å². The molecule has 4 aromatic rings. The Kier molecular flexibility index (Phi) is 7.69. The maximum Gasteiger partial charge on any atom is 0.208 e. The molecule has 0 atom stereocenters. The molecule has 0 amide bonds. The van der Waals surface area contributed by atoms with E-state index in [1.165, 1.54) is 11.8 Å². The summed E-state index contributed by atoms with van der Waals surface area (Å²) < 4.78 is 27.2. The highest BCUT2D eigenvalue weighted by Gasteiger charge is 2.18. The van der Waals surface area contributed by atoms with Crippen molar-refractivity contribution in [2.45, 2.75) is 52.1 Å². The van der Waals surface area contributed by atoms with E-state index in [9.17, 15) is 8.42 Å². The minimum atomic E-state index is -3.18. The minimum absolute atomic E-state index is 0.406. The second-order valence-electron chi connectivity index (χ2n) is 9.06. The summed E-state index contributed by atoms with van der Waals surface area (Å²) in [6, 6.07) is 14.6. The van der Waals surface area contributed by atoms with Gasteiger partial charge in [-0.15, -0.1) is 0 Å². The molecule has 0 bridgehead atoms. The number of rotatable bonds is 11. The highest BCUT2D eigenvalue weighted by Crippen LogP contribution is 2.32. The predicted octanol–water partition coefficient (Wildman–Crippen LogP) is 3.50. The van der Waals surface area contributed by atoms with Gasteiger partial charge >= 0.3 is 0 Å². The summed E-state index contributed by atoms with van der Waals surface area (Å²) in [6.07, 6.45) is 5.47. The van der Waals surface area contributed by atoms with E-state index in [1.807, 2.05) is 0 Å². The number of pyridine rings is 1. The summed E-state index contributed by atoms with van der Waals surface area (Å²) >= 11 is 0. The fourth-order valence-corrected chi connectivity index (χ4v) is 4.90. The van der Waals surface area contributed by atoms with Crippen molar-refractivity contribution in [1.29, 1.82) is 0 Å². The standard InChI is InChI=1S/C26H34N6O2S/c1-3-4-14-32-23(16-19-7-9-20(17-27)10-8-19)24-21-12-11-18(6-5-13-29-35(2,33)34)15-22(21)30-26(28)25(24)31-32/h7-12,15,29H,3-6,13-14,16-17,27H2,1-2H3,(H2,28,30). The SMILES string of the molecule is CCCCn1nc2c(N)nc3cc(CCCNS(C)(=O)=O)ccc3c2c1Cc1ccc(CN)cc1. The third kappa shape index (κ3) is 5.98. The molecule has 0 saturated carbocycles. The summed E-state index contributed by atoms with van der Waals surface area (Å²) in [4.78, 5) is 4.67. The lowest BCUT2D eigenvalue weighted by molar-refractivity contribution is 0.558. The molecule has 0 saturated heterocycles. The number of nitrogen functional groups attached to an aromatic ring is 1. The van der Waals surface area contributed by atoms with E-state index in [2.05, 4.69) is 63.8 Å². The van der Waals surface area contributed by atoms with E-state index in [-0.39, 0.29) is 0 Å². The van der Waals surface area contributed by atoms with Crippen LogP contribution in [0.3, 0.4) is 0 Å². The lowest BCUT2D eigenvalue weighted by Crippen LogP contribution is -2.23. The number of aryl methyl sites for hydroxylation is 2. The Bertz CT molecular complexity index is 1430. The number of sulfonamides is 1. The Morgan fingerprint density at radius 3 is 2.43 bits per heavy atom. The van der Waals surface area contributed by atoms with Gasteiger partial charge in [-0.1, -0.05) is 49.7 Å². The van der Waals surface area contributed by atoms with Crippen LogP contribution in [-0.4, -0.2) is 36.0 Å². The van der Waals surface area contributed by atoms with Gasteiger partial charge in [-0.2, -0.15) is 5.10 Å². The summed E-state index contributed by atoms with van der Waals surface area (Å²) in [7, 11) is -3.18. The van der Waals surface area contributed by atoms with Crippen LogP contribution in [0.5, 0.6) is 0 Å². The number of hydrogen-bond acceptors (Lipinski definition) is 6. The molecule has 2 aromatic carbocycles. The van der Waals surface area contributed by atoms with E-state index < -0.39 is 10.0 Å². The molecule has 9 heteroatoms.